The zero-order valence-corrected chi connectivity index (χ0v) is 13.1. The van der Waals surface area contributed by atoms with Crippen molar-refractivity contribution in [3.63, 3.8) is 0 Å². The molecule has 20 heavy (non-hydrogen) atoms. The smallest absolute Gasteiger partial charge is 0.135 e. The molecule has 1 heterocycles. The molecule has 3 nitrogen and oxygen atoms in total. The summed E-state index contributed by atoms with van der Waals surface area (Å²) in [6, 6.07) is 11.4. The minimum Gasteiger partial charge on any atom is -0.460 e. The van der Waals surface area contributed by atoms with E-state index < -0.39 is 0 Å². The van der Waals surface area contributed by atoms with Crippen LogP contribution in [0.5, 0.6) is 0 Å². The van der Waals surface area contributed by atoms with E-state index in [9.17, 15) is 5.11 Å². The van der Waals surface area contributed by atoms with E-state index in [1.54, 1.807) is 0 Å². The molecule has 2 N–H and O–H groups in total. The lowest BCUT2D eigenvalue weighted by Crippen LogP contribution is -2.41. The maximum Gasteiger partial charge on any atom is 0.135 e. The van der Waals surface area contributed by atoms with Crippen LogP contribution in [0.25, 0.3) is 11.3 Å². The van der Waals surface area contributed by atoms with Crippen molar-refractivity contribution in [3.05, 3.63) is 47.2 Å². The van der Waals surface area contributed by atoms with Crippen molar-refractivity contribution in [3.8, 4) is 11.3 Å². The summed E-state index contributed by atoms with van der Waals surface area (Å²) in [6.07, 6.45) is 0. The third-order valence-corrected chi connectivity index (χ3v) is 3.27. The molecule has 1 aromatic carbocycles. The van der Waals surface area contributed by atoms with Crippen molar-refractivity contribution in [2.75, 3.05) is 6.61 Å². The fourth-order valence-corrected chi connectivity index (χ4v) is 1.89. The minimum atomic E-state index is -0.322. The molecule has 0 aliphatic heterocycles. The maximum absolute atomic E-state index is 9.18. The van der Waals surface area contributed by atoms with Gasteiger partial charge >= 0.3 is 0 Å². The standard InChI is InChI=1S/C15H18ClNO2.ClH/c1-15(2,10-18)17-9-11-7-8-14(19-11)12-5-3-4-6-13(12)16;/h3-8,17-18H,9-10H2,1-2H3;1H. The molecule has 2 aromatic rings. The van der Waals surface area contributed by atoms with Crippen LogP contribution in [-0.2, 0) is 6.54 Å². The second-order valence-corrected chi connectivity index (χ2v) is 5.55. The Morgan fingerprint density at radius 1 is 1.20 bits per heavy atom. The van der Waals surface area contributed by atoms with Crippen LogP contribution in [0.15, 0.2) is 40.8 Å². The van der Waals surface area contributed by atoms with Gasteiger partial charge in [-0.25, -0.2) is 0 Å². The predicted octanol–water partition coefficient (Wildman–Crippen LogP) is 3.88. The van der Waals surface area contributed by atoms with Gasteiger partial charge in [-0.05, 0) is 38.1 Å². The van der Waals surface area contributed by atoms with E-state index in [-0.39, 0.29) is 24.6 Å². The molecule has 0 fully saturated rings. The molecule has 0 unspecified atom stereocenters. The van der Waals surface area contributed by atoms with E-state index in [1.165, 1.54) is 0 Å². The Hall–Kier alpha value is -1.000. The molecular formula is C15H19Cl2NO2. The third kappa shape index (κ3) is 4.25. The molecule has 2 rings (SSSR count). The first-order valence-electron chi connectivity index (χ1n) is 6.21. The number of rotatable bonds is 5. The zero-order chi connectivity index (χ0) is 13.9. The first kappa shape index (κ1) is 17.1. The van der Waals surface area contributed by atoms with Crippen LogP contribution in [0.1, 0.15) is 19.6 Å². The molecule has 0 saturated heterocycles. The van der Waals surface area contributed by atoms with Crippen LogP contribution < -0.4 is 5.32 Å². The van der Waals surface area contributed by atoms with Crippen LogP contribution in [0.3, 0.4) is 0 Å². The molecule has 5 heteroatoms. The largest absolute Gasteiger partial charge is 0.460 e. The summed E-state index contributed by atoms with van der Waals surface area (Å²) in [4.78, 5) is 0. The SMILES string of the molecule is CC(C)(CO)NCc1ccc(-c2ccccc2Cl)o1.Cl. The molecule has 1 aromatic heterocycles. The molecule has 0 aliphatic carbocycles. The highest BCUT2D eigenvalue weighted by Gasteiger charge is 2.16. The Balaban J connectivity index is 0.00000200. The highest BCUT2D eigenvalue weighted by molar-refractivity contribution is 6.33. The van der Waals surface area contributed by atoms with E-state index in [1.807, 2.05) is 50.2 Å². The van der Waals surface area contributed by atoms with Crippen LogP contribution >= 0.6 is 24.0 Å². The topological polar surface area (TPSA) is 45.4 Å². The molecule has 110 valence electrons. The number of benzene rings is 1. The number of furan rings is 1. The molecule has 0 bridgehead atoms. The van der Waals surface area contributed by atoms with E-state index in [4.69, 9.17) is 16.0 Å². The molecule has 0 aliphatic rings. The van der Waals surface area contributed by atoms with E-state index in [2.05, 4.69) is 5.32 Å². The highest BCUT2D eigenvalue weighted by Crippen LogP contribution is 2.29. The molecule has 0 saturated carbocycles. The first-order chi connectivity index (χ1) is 9.02. The molecular weight excluding hydrogens is 297 g/mol. The van der Waals surface area contributed by atoms with E-state index in [0.29, 0.717) is 11.6 Å². The average molecular weight is 316 g/mol. The number of hydrogen-bond acceptors (Lipinski definition) is 3. The number of aliphatic hydroxyl groups is 1. The summed E-state index contributed by atoms with van der Waals surface area (Å²) in [6.45, 7) is 4.51. The molecule has 0 spiro atoms. The van der Waals surface area contributed by atoms with Crippen LogP contribution in [0, 0.1) is 0 Å². The van der Waals surface area contributed by atoms with Gasteiger partial charge in [0.05, 0.1) is 18.2 Å². The maximum atomic E-state index is 9.18. The van der Waals surface area contributed by atoms with Crippen molar-refractivity contribution >= 4 is 24.0 Å². The van der Waals surface area contributed by atoms with Crippen LogP contribution in [0.4, 0.5) is 0 Å². The van der Waals surface area contributed by atoms with Crippen molar-refractivity contribution in [2.45, 2.75) is 25.9 Å². The lowest BCUT2D eigenvalue weighted by Gasteiger charge is -2.22. The third-order valence-electron chi connectivity index (χ3n) is 2.94. The summed E-state index contributed by atoms with van der Waals surface area (Å²) >= 11 is 6.13. The minimum absolute atomic E-state index is 0. The van der Waals surface area contributed by atoms with E-state index >= 15 is 0 Å². The normalized spacial score (nSPS) is 11.2. The second kappa shape index (κ2) is 7.14. The zero-order valence-electron chi connectivity index (χ0n) is 11.5. The number of halogens is 2. The van der Waals surface area contributed by atoms with Crippen molar-refractivity contribution in [1.82, 2.24) is 5.32 Å². The summed E-state index contributed by atoms with van der Waals surface area (Å²) in [5.41, 5.74) is 0.564. The fraction of sp³-hybridized carbons (Fsp3) is 0.333. The van der Waals surface area contributed by atoms with Crippen LogP contribution in [0.2, 0.25) is 5.02 Å². The lowest BCUT2D eigenvalue weighted by molar-refractivity contribution is 0.184. The quantitative estimate of drug-likeness (QED) is 0.880. The van der Waals surface area contributed by atoms with Gasteiger partial charge in [-0.15, -0.1) is 12.4 Å². The number of aliphatic hydroxyl groups excluding tert-OH is 1. The number of nitrogens with one attached hydrogen (secondary N) is 1. The van der Waals surface area contributed by atoms with Gasteiger partial charge in [0.1, 0.15) is 11.5 Å². The Kier molecular flexibility index (Phi) is 6.08. The van der Waals surface area contributed by atoms with Crippen LogP contribution in [-0.4, -0.2) is 17.3 Å². The highest BCUT2D eigenvalue weighted by atomic mass is 35.5. The van der Waals surface area contributed by atoms with Gasteiger partial charge in [0.2, 0.25) is 0 Å². The first-order valence-corrected chi connectivity index (χ1v) is 6.59. The molecule has 0 atom stereocenters. The Labute approximate surface area is 130 Å². The summed E-state index contributed by atoms with van der Waals surface area (Å²) < 4.78 is 5.76. The van der Waals surface area contributed by atoms with Gasteiger partial charge in [0.15, 0.2) is 0 Å². The van der Waals surface area contributed by atoms with Gasteiger partial charge < -0.3 is 14.8 Å². The summed E-state index contributed by atoms with van der Waals surface area (Å²) in [5, 5.41) is 13.1. The summed E-state index contributed by atoms with van der Waals surface area (Å²) in [5.74, 6) is 1.57. The van der Waals surface area contributed by atoms with E-state index in [0.717, 1.165) is 17.1 Å². The molecule has 0 amide bonds. The van der Waals surface area contributed by atoms with Crippen molar-refractivity contribution < 1.29 is 9.52 Å². The Morgan fingerprint density at radius 3 is 2.55 bits per heavy atom. The van der Waals surface area contributed by atoms with Gasteiger partial charge in [0, 0.05) is 11.1 Å². The lowest BCUT2D eigenvalue weighted by atomic mass is 10.1. The van der Waals surface area contributed by atoms with Crippen molar-refractivity contribution in [2.24, 2.45) is 0 Å². The molecule has 0 radical (unpaired) electrons. The van der Waals surface area contributed by atoms with Gasteiger partial charge in [-0.2, -0.15) is 0 Å². The van der Waals surface area contributed by atoms with Gasteiger partial charge in [-0.1, -0.05) is 23.7 Å². The fourth-order valence-electron chi connectivity index (χ4n) is 1.66. The summed E-state index contributed by atoms with van der Waals surface area (Å²) in [7, 11) is 0. The van der Waals surface area contributed by atoms with Gasteiger partial charge in [0.25, 0.3) is 0 Å². The van der Waals surface area contributed by atoms with Crippen molar-refractivity contribution in [1.29, 1.82) is 0 Å². The number of hydrogen-bond donors (Lipinski definition) is 2. The predicted molar refractivity (Wildman–Crippen MR) is 84.4 cm³/mol. The Morgan fingerprint density at radius 2 is 1.90 bits per heavy atom. The monoisotopic (exact) mass is 315 g/mol. The average Bonchev–Trinajstić information content (AvgIpc) is 2.86. The van der Waals surface area contributed by atoms with Gasteiger partial charge in [-0.3, -0.25) is 0 Å². The second-order valence-electron chi connectivity index (χ2n) is 5.14. The Bertz CT molecular complexity index is 552.